The number of hydrogen-bond donors (Lipinski definition) is 0. The van der Waals surface area contributed by atoms with Crippen molar-refractivity contribution in [1.82, 2.24) is 14.3 Å². The van der Waals surface area contributed by atoms with E-state index >= 15 is 0 Å². The van der Waals surface area contributed by atoms with E-state index in [0.717, 1.165) is 18.5 Å². The predicted molar refractivity (Wildman–Crippen MR) is 67.3 cm³/mol. The Morgan fingerprint density at radius 2 is 2.33 bits per heavy atom. The fourth-order valence-corrected chi connectivity index (χ4v) is 1.85. The largest absolute Gasteiger partial charge is 0.461 e. The average molecular weight is 247 g/mol. The minimum absolute atomic E-state index is 0.270. The van der Waals surface area contributed by atoms with Crippen molar-refractivity contribution in [3.63, 3.8) is 0 Å². The van der Waals surface area contributed by atoms with Crippen molar-refractivity contribution in [2.24, 2.45) is 7.05 Å². The van der Waals surface area contributed by atoms with E-state index in [1.807, 2.05) is 36.3 Å². The van der Waals surface area contributed by atoms with Gasteiger partial charge in [0.2, 0.25) is 0 Å². The number of esters is 1. The molecule has 0 amide bonds. The number of nitrogens with zero attached hydrogens (tertiary/aromatic N) is 3. The smallest absolute Gasteiger partial charge is 0.354 e. The molecule has 0 unspecified atom stereocenters. The Balaban J connectivity index is 2.01. The van der Waals surface area contributed by atoms with Gasteiger partial charge in [-0.15, -0.1) is 0 Å². The van der Waals surface area contributed by atoms with E-state index < -0.39 is 0 Å². The second kappa shape index (κ2) is 5.53. The van der Waals surface area contributed by atoms with Crippen LogP contribution in [0.3, 0.4) is 0 Å². The van der Waals surface area contributed by atoms with Gasteiger partial charge in [-0.25, -0.2) is 4.79 Å². The Labute approximate surface area is 106 Å². The molecular weight excluding hydrogens is 230 g/mol. The molecule has 0 atom stereocenters. The first-order chi connectivity index (χ1) is 8.70. The lowest BCUT2D eigenvalue weighted by Gasteiger charge is -2.07. The zero-order valence-electron chi connectivity index (χ0n) is 10.7. The maximum Gasteiger partial charge on any atom is 0.354 e. The summed E-state index contributed by atoms with van der Waals surface area (Å²) in [6.07, 6.45) is 6.55. The molecule has 2 aromatic rings. The third-order valence-electron chi connectivity index (χ3n) is 2.71. The van der Waals surface area contributed by atoms with Gasteiger partial charge < -0.3 is 9.30 Å². The van der Waals surface area contributed by atoms with E-state index in [0.29, 0.717) is 12.3 Å². The van der Waals surface area contributed by atoms with Gasteiger partial charge in [-0.05, 0) is 31.0 Å². The minimum atomic E-state index is -0.270. The summed E-state index contributed by atoms with van der Waals surface area (Å²) < 4.78 is 8.69. The van der Waals surface area contributed by atoms with Gasteiger partial charge in [0.1, 0.15) is 5.69 Å². The highest BCUT2D eigenvalue weighted by Crippen LogP contribution is 2.07. The second-order valence-electron chi connectivity index (χ2n) is 4.08. The Kier molecular flexibility index (Phi) is 3.82. The Morgan fingerprint density at radius 1 is 1.50 bits per heavy atom. The molecule has 5 nitrogen and oxygen atoms in total. The summed E-state index contributed by atoms with van der Waals surface area (Å²) in [4.78, 5) is 11.7. The average Bonchev–Trinajstić information content (AvgIpc) is 2.95. The molecule has 0 aliphatic rings. The van der Waals surface area contributed by atoms with Gasteiger partial charge in [-0.3, -0.25) is 4.68 Å². The summed E-state index contributed by atoms with van der Waals surface area (Å²) in [5.74, 6) is -0.270. The highest BCUT2D eigenvalue weighted by Gasteiger charge is 2.11. The Morgan fingerprint density at radius 3 is 3.00 bits per heavy atom. The Bertz CT molecular complexity index is 528. The molecule has 2 heterocycles. The lowest BCUT2D eigenvalue weighted by Crippen LogP contribution is -2.12. The lowest BCUT2D eigenvalue weighted by molar-refractivity contribution is 0.0514. The van der Waals surface area contributed by atoms with E-state index in [-0.39, 0.29) is 5.97 Å². The molecule has 0 aliphatic carbocycles. The first kappa shape index (κ1) is 12.4. The van der Waals surface area contributed by atoms with Gasteiger partial charge in [0.25, 0.3) is 0 Å². The maximum absolute atomic E-state index is 11.7. The topological polar surface area (TPSA) is 49.1 Å². The van der Waals surface area contributed by atoms with Crippen LogP contribution in [0.2, 0.25) is 0 Å². The molecule has 0 aliphatic heterocycles. The van der Waals surface area contributed by atoms with Crippen LogP contribution in [0.4, 0.5) is 0 Å². The van der Waals surface area contributed by atoms with E-state index in [1.165, 1.54) is 0 Å². The molecule has 0 fully saturated rings. The van der Waals surface area contributed by atoms with Gasteiger partial charge in [0.05, 0.1) is 12.8 Å². The van der Waals surface area contributed by atoms with Crippen LogP contribution in [0, 0.1) is 0 Å². The Hall–Kier alpha value is -2.04. The summed E-state index contributed by atoms with van der Waals surface area (Å²) in [7, 11) is 1.89. The molecule has 18 heavy (non-hydrogen) atoms. The molecule has 2 rings (SSSR count). The predicted octanol–water partition coefficient (Wildman–Crippen LogP) is 1.64. The van der Waals surface area contributed by atoms with Crippen molar-refractivity contribution in [1.29, 1.82) is 0 Å². The molecule has 96 valence electrons. The first-order valence-electron chi connectivity index (χ1n) is 6.00. The summed E-state index contributed by atoms with van der Waals surface area (Å²) in [6, 6.07) is 3.64. The minimum Gasteiger partial charge on any atom is -0.461 e. The van der Waals surface area contributed by atoms with Crippen LogP contribution in [-0.4, -0.2) is 26.9 Å². The molecule has 0 bridgehead atoms. The monoisotopic (exact) mass is 247 g/mol. The van der Waals surface area contributed by atoms with Crippen LogP contribution < -0.4 is 0 Å². The fraction of sp³-hybridized carbons (Fsp3) is 0.385. The quantitative estimate of drug-likeness (QED) is 0.755. The summed E-state index contributed by atoms with van der Waals surface area (Å²) in [5, 5.41) is 4.12. The van der Waals surface area contributed by atoms with Crippen LogP contribution in [0.25, 0.3) is 0 Å². The number of hydrogen-bond acceptors (Lipinski definition) is 3. The molecule has 0 saturated heterocycles. The van der Waals surface area contributed by atoms with Crippen LogP contribution in [0.5, 0.6) is 0 Å². The summed E-state index contributed by atoms with van der Waals surface area (Å²) >= 11 is 0. The van der Waals surface area contributed by atoms with Crippen molar-refractivity contribution in [2.75, 3.05) is 6.61 Å². The highest BCUT2D eigenvalue weighted by molar-refractivity contribution is 5.87. The zero-order valence-corrected chi connectivity index (χ0v) is 10.7. The number of carbonyl (C=O) groups excluding carboxylic acids is 1. The second-order valence-corrected chi connectivity index (χ2v) is 4.08. The van der Waals surface area contributed by atoms with Crippen molar-refractivity contribution >= 4 is 5.97 Å². The van der Waals surface area contributed by atoms with E-state index in [1.54, 1.807) is 17.7 Å². The zero-order chi connectivity index (χ0) is 13.0. The molecule has 2 aromatic heterocycles. The van der Waals surface area contributed by atoms with Gasteiger partial charge in [-0.2, -0.15) is 5.10 Å². The third kappa shape index (κ3) is 2.80. The van der Waals surface area contributed by atoms with Crippen LogP contribution in [0.15, 0.2) is 30.7 Å². The van der Waals surface area contributed by atoms with Gasteiger partial charge >= 0.3 is 5.97 Å². The normalized spacial score (nSPS) is 10.6. The van der Waals surface area contributed by atoms with Crippen LogP contribution in [0.1, 0.15) is 23.0 Å². The third-order valence-corrected chi connectivity index (χ3v) is 2.71. The SMILES string of the molecule is CCOC(=O)c1cccn1CCc1cnn(C)c1. The first-order valence-corrected chi connectivity index (χ1v) is 6.00. The molecule has 5 heteroatoms. The number of rotatable bonds is 5. The van der Waals surface area contributed by atoms with Gasteiger partial charge in [0, 0.05) is 26.0 Å². The highest BCUT2D eigenvalue weighted by atomic mass is 16.5. The van der Waals surface area contributed by atoms with Crippen molar-refractivity contribution in [2.45, 2.75) is 19.9 Å². The van der Waals surface area contributed by atoms with Gasteiger partial charge in [0.15, 0.2) is 0 Å². The molecule has 0 aromatic carbocycles. The molecular formula is C13H17N3O2. The van der Waals surface area contributed by atoms with Gasteiger partial charge in [-0.1, -0.05) is 0 Å². The summed E-state index contributed by atoms with van der Waals surface area (Å²) in [5.41, 5.74) is 1.75. The fourth-order valence-electron chi connectivity index (χ4n) is 1.85. The van der Waals surface area contributed by atoms with Crippen LogP contribution in [-0.2, 0) is 24.8 Å². The van der Waals surface area contributed by atoms with E-state index in [2.05, 4.69) is 5.10 Å². The van der Waals surface area contributed by atoms with Crippen molar-refractivity contribution < 1.29 is 9.53 Å². The molecule has 0 saturated carbocycles. The molecule has 0 spiro atoms. The van der Waals surface area contributed by atoms with Crippen molar-refractivity contribution in [3.05, 3.63) is 42.0 Å². The lowest BCUT2D eigenvalue weighted by atomic mass is 10.2. The summed E-state index contributed by atoms with van der Waals surface area (Å²) in [6.45, 7) is 2.94. The molecule has 0 N–H and O–H groups in total. The standard InChI is InChI=1S/C13H17N3O2/c1-3-18-13(17)12-5-4-7-16(12)8-6-11-9-14-15(2)10-11/h4-5,7,9-10H,3,6,8H2,1-2H3. The maximum atomic E-state index is 11.7. The number of aryl methyl sites for hydroxylation is 3. The van der Waals surface area contributed by atoms with Crippen molar-refractivity contribution in [3.8, 4) is 0 Å². The number of ether oxygens (including phenoxy) is 1. The van der Waals surface area contributed by atoms with Crippen LogP contribution >= 0.6 is 0 Å². The van der Waals surface area contributed by atoms with E-state index in [9.17, 15) is 4.79 Å². The number of aromatic nitrogens is 3. The van der Waals surface area contributed by atoms with E-state index in [4.69, 9.17) is 4.74 Å². The molecule has 0 radical (unpaired) electrons. The number of carbonyl (C=O) groups is 1.